The van der Waals surface area contributed by atoms with Crippen molar-refractivity contribution in [1.29, 1.82) is 0 Å². The molecule has 1 amide bonds. The molecule has 0 unspecified atom stereocenters. The smallest absolute Gasteiger partial charge is 0.244 e. The number of nitrogens with one attached hydrogen (secondary N) is 1. The first kappa shape index (κ1) is 16.3. The normalized spacial score (nSPS) is 16.7. The molecule has 0 saturated heterocycles. The number of nitrogens with two attached hydrogens (primary N) is 1. The van der Waals surface area contributed by atoms with E-state index < -0.39 is 5.54 Å². The van der Waals surface area contributed by atoms with E-state index in [0.717, 1.165) is 37.1 Å². The highest BCUT2D eigenvalue weighted by atomic mass is 35.5. The largest absolute Gasteiger partial charge is 0.324 e. The van der Waals surface area contributed by atoms with Gasteiger partial charge in [-0.25, -0.2) is 0 Å². The Morgan fingerprint density at radius 2 is 2.11 bits per heavy atom. The van der Waals surface area contributed by atoms with Crippen molar-refractivity contribution in [2.24, 2.45) is 5.73 Å². The summed E-state index contributed by atoms with van der Waals surface area (Å²) >= 11 is 1.77. The van der Waals surface area contributed by atoms with E-state index in [-0.39, 0.29) is 18.3 Å². The highest BCUT2D eigenvalue weighted by Crippen LogP contribution is 2.29. The van der Waals surface area contributed by atoms with Crippen LogP contribution in [0.5, 0.6) is 0 Å². The van der Waals surface area contributed by atoms with E-state index in [2.05, 4.69) is 18.3 Å². The maximum absolute atomic E-state index is 12.2. The van der Waals surface area contributed by atoms with Gasteiger partial charge in [-0.2, -0.15) is 0 Å². The maximum atomic E-state index is 12.2. The first-order valence-electron chi connectivity index (χ1n) is 6.47. The molecule has 0 aromatic heterocycles. The molecule has 0 atom stereocenters. The van der Waals surface area contributed by atoms with Crippen LogP contribution in [0, 0.1) is 0 Å². The van der Waals surface area contributed by atoms with Crippen molar-refractivity contribution in [2.45, 2.75) is 43.0 Å². The summed E-state index contributed by atoms with van der Waals surface area (Å²) < 4.78 is 0. The van der Waals surface area contributed by atoms with Gasteiger partial charge in [0.1, 0.15) is 0 Å². The van der Waals surface area contributed by atoms with Gasteiger partial charge in [0, 0.05) is 10.6 Å². The van der Waals surface area contributed by atoms with Crippen molar-refractivity contribution in [1.82, 2.24) is 0 Å². The predicted octanol–water partition coefficient (Wildman–Crippen LogP) is 3.43. The molecule has 0 bridgehead atoms. The maximum Gasteiger partial charge on any atom is 0.244 e. The number of carbonyl (C=O) groups excluding carboxylic acids is 1. The van der Waals surface area contributed by atoms with Crippen LogP contribution < -0.4 is 11.1 Å². The summed E-state index contributed by atoms with van der Waals surface area (Å²) in [7, 11) is 0. The van der Waals surface area contributed by atoms with Crippen molar-refractivity contribution in [3.63, 3.8) is 0 Å². The quantitative estimate of drug-likeness (QED) is 0.838. The van der Waals surface area contributed by atoms with Gasteiger partial charge in [0.05, 0.1) is 5.54 Å². The van der Waals surface area contributed by atoms with E-state index in [4.69, 9.17) is 5.73 Å². The van der Waals surface area contributed by atoms with Crippen LogP contribution in [0.25, 0.3) is 0 Å². The molecule has 1 fully saturated rings. The second-order valence-electron chi connectivity index (χ2n) is 4.78. The number of halogens is 1. The molecule has 106 valence electrons. The summed E-state index contributed by atoms with van der Waals surface area (Å²) in [5, 5.41) is 2.95. The number of thioether (sulfide) groups is 1. The number of amides is 1. The highest BCUT2D eigenvalue weighted by Gasteiger charge is 2.36. The van der Waals surface area contributed by atoms with Crippen LogP contribution >= 0.6 is 24.2 Å². The minimum atomic E-state index is -0.659. The van der Waals surface area contributed by atoms with Crippen molar-refractivity contribution >= 4 is 35.8 Å². The second-order valence-corrected chi connectivity index (χ2v) is 6.12. The van der Waals surface area contributed by atoms with Gasteiger partial charge in [-0.05, 0) is 36.8 Å². The van der Waals surface area contributed by atoms with E-state index in [1.54, 1.807) is 11.8 Å². The van der Waals surface area contributed by atoms with Crippen LogP contribution in [0.3, 0.4) is 0 Å². The molecule has 1 saturated carbocycles. The number of hydrogen-bond donors (Lipinski definition) is 2. The molecule has 0 radical (unpaired) electrons. The second kappa shape index (κ2) is 7.17. The van der Waals surface area contributed by atoms with Gasteiger partial charge < -0.3 is 11.1 Å². The number of rotatable bonds is 4. The highest BCUT2D eigenvalue weighted by molar-refractivity contribution is 7.99. The fourth-order valence-corrected chi connectivity index (χ4v) is 3.04. The summed E-state index contributed by atoms with van der Waals surface area (Å²) in [4.78, 5) is 13.3. The number of anilines is 1. The predicted molar refractivity (Wildman–Crippen MR) is 84.1 cm³/mol. The Bertz CT molecular complexity index is 433. The number of benzene rings is 1. The monoisotopic (exact) mass is 300 g/mol. The van der Waals surface area contributed by atoms with Crippen LogP contribution in [0.15, 0.2) is 29.2 Å². The van der Waals surface area contributed by atoms with Crippen LogP contribution in [-0.2, 0) is 4.79 Å². The molecule has 1 aliphatic carbocycles. The molecule has 5 heteroatoms. The Balaban J connectivity index is 0.00000180. The van der Waals surface area contributed by atoms with Crippen LogP contribution in [0.2, 0.25) is 0 Å². The standard InChI is InChI=1S/C14H20N2OS.ClH/c1-2-18-12-7-5-6-11(10-12)16-13(17)14(15)8-3-4-9-14;/h5-7,10H,2-4,8-9,15H2,1H3,(H,16,17);1H. The van der Waals surface area contributed by atoms with Crippen LogP contribution in [0.1, 0.15) is 32.6 Å². The molecule has 1 aromatic rings. The Morgan fingerprint density at radius 3 is 2.74 bits per heavy atom. The zero-order valence-electron chi connectivity index (χ0n) is 11.1. The van der Waals surface area contributed by atoms with Crippen LogP contribution in [-0.4, -0.2) is 17.2 Å². The van der Waals surface area contributed by atoms with E-state index in [1.165, 1.54) is 4.90 Å². The third-order valence-electron chi connectivity index (χ3n) is 3.35. The lowest BCUT2D eigenvalue weighted by molar-refractivity contribution is -0.121. The molecule has 0 aliphatic heterocycles. The van der Waals surface area contributed by atoms with Gasteiger partial charge in [0.2, 0.25) is 5.91 Å². The lowest BCUT2D eigenvalue weighted by atomic mass is 9.98. The molecule has 2 rings (SSSR count). The Hall–Kier alpha value is -0.710. The van der Waals surface area contributed by atoms with Gasteiger partial charge >= 0.3 is 0 Å². The van der Waals surface area contributed by atoms with Crippen LogP contribution in [0.4, 0.5) is 5.69 Å². The zero-order valence-corrected chi connectivity index (χ0v) is 12.8. The molecule has 0 heterocycles. The third kappa shape index (κ3) is 4.13. The number of hydrogen-bond acceptors (Lipinski definition) is 3. The van der Waals surface area contributed by atoms with E-state index >= 15 is 0 Å². The van der Waals surface area contributed by atoms with Crippen molar-refractivity contribution in [3.05, 3.63) is 24.3 Å². The summed E-state index contributed by atoms with van der Waals surface area (Å²) in [6, 6.07) is 7.93. The van der Waals surface area contributed by atoms with Crippen molar-refractivity contribution in [2.75, 3.05) is 11.1 Å². The van der Waals surface area contributed by atoms with E-state index in [1.807, 2.05) is 18.2 Å². The molecule has 1 aromatic carbocycles. The molecule has 3 nitrogen and oxygen atoms in total. The lowest BCUT2D eigenvalue weighted by Gasteiger charge is -2.22. The molecular formula is C14H21ClN2OS. The zero-order chi connectivity index (χ0) is 13.0. The minimum absolute atomic E-state index is 0. The Labute approximate surface area is 125 Å². The SMILES string of the molecule is CCSc1cccc(NC(=O)C2(N)CCCC2)c1.Cl. The third-order valence-corrected chi connectivity index (χ3v) is 4.23. The average Bonchev–Trinajstić information content (AvgIpc) is 2.78. The lowest BCUT2D eigenvalue weighted by Crippen LogP contribution is -2.48. The minimum Gasteiger partial charge on any atom is -0.324 e. The first-order chi connectivity index (χ1) is 8.64. The summed E-state index contributed by atoms with van der Waals surface area (Å²) in [6.45, 7) is 2.11. The molecule has 0 spiro atoms. The van der Waals surface area contributed by atoms with E-state index in [0.29, 0.717) is 0 Å². The fourth-order valence-electron chi connectivity index (χ4n) is 2.32. The first-order valence-corrected chi connectivity index (χ1v) is 7.46. The van der Waals surface area contributed by atoms with Gasteiger partial charge in [-0.3, -0.25) is 4.79 Å². The molecule has 3 N–H and O–H groups in total. The topological polar surface area (TPSA) is 55.1 Å². The summed E-state index contributed by atoms with van der Waals surface area (Å²) in [6.07, 6.45) is 3.69. The van der Waals surface area contributed by atoms with Gasteiger partial charge in [0.15, 0.2) is 0 Å². The molecule has 19 heavy (non-hydrogen) atoms. The molecular weight excluding hydrogens is 280 g/mol. The van der Waals surface area contributed by atoms with Gasteiger partial charge in [-0.1, -0.05) is 25.8 Å². The fraction of sp³-hybridized carbons (Fsp3) is 0.500. The van der Waals surface area contributed by atoms with Crippen molar-refractivity contribution < 1.29 is 4.79 Å². The molecule has 1 aliphatic rings. The van der Waals surface area contributed by atoms with Crippen molar-refractivity contribution in [3.8, 4) is 0 Å². The Morgan fingerprint density at radius 1 is 1.42 bits per heavy atom. The summed E-state index contributed by atoms with van der Waals surface area (Å²) in [5.74, 6) is 0.983. The number of carbonyl (C=O) groups is 1. The van der Waals surface area contributed by atoms with Gasteiger partial charge in [0.25, 0.3) is 0 Å². The Kier molecular flexibility index (Phi) is 6.17. The van der Waals surface area contributed by atoms with E-state index in [9.17, 15) is 4.79 Å². The average molecular weight is 301 g/mol. The summed E-state index contributed by atoms with van der Waals surface area (Å²) in [5.41, 5.74) is 6.31. The van der Waals surface area contributed by atoms with Gasteiger partial charge in [-0.15, -0.1) is 24.2 Å².